The predicted octanol–water partition coefficient (Wildman–Crippen LogP) is 4.84. The van der Waals surface area contributed by atoms with Crippen molar-refractivity contribution in [2.24, 2.45) is 5.92 Å². The maximum atomic E-state index is 15.3. The van der Waals surface area contributed by atoms with Crippen LogP contribution in [0.2, 0.25) is 0 Å². The van der Waals surface area contributed by atoms with Gasteiger partial charge in [0.1, 0.15) is 11.5 Å². The Bertz CT molecular complexity index is 1210. The van der Waals surface area contributed by atoms with E-state index < -0.39 is 5.67 Å². The normalized spacial score (nSPS) is 24.8. The van der Waals surface area contributed by atoms with Crippen LogP contribution in [0.4, 0.5) is 21.8 Å². The van der Waals surface area contributed by atoms with Gasteiger partial charge in [0.2, 0.25) is 5.95 Å². The zero-order valence-corrected chi connectivity index (χ0v) is 20.4. The quantitative estimate of drug-likeness (QED) is 0.551. The predicted molar refractivity (Wildman–Crippen MR) is 139 cm³/mol. The van der Waals surface area contributed by atoms with Crippen LogP contribution in [0.3, 0.4) is 0 Å². The van der Waals surface area contributed by atoms with Gasteiger partial charge in [-0.3, -0.25) is 0 Å². The minimum Gasteiger partial charge on any atom is -0.393 e. The molecule has 0 spiro atoms. The highest BCUT2D eigenvalue weighted by Gasteiger charge is 2.46. The Balaban J connectivity index is 1.22. The molecule has 3 fully saturated rings. The molecular weight excluding hydrogens is 441 g/mol. The summed E-state index contributed by atoms with van der Waals surface area (Å²) in [4.78, 5) is 14.2. The molecule has 35 heavy (non-hydrogen) atoms. The number of aliphatic hydroxyl groups excluding tert-OH is 1. The maximum absolute atomic E-state index is 15.3. The molecule has 3 aliphatic rings. The van der Waals surface area contributed by atoms with Gasteiger partial charge in [-0.05, 0) is 74.3 Å². The minimum absolute atomic E-state index is 0.166. The second-order valence-corrected chi connectivity index (χ2v) is 10.7. The fourth-order valence-electron chi connectivity index (χ4n) is 6.09. The molecule has 6 rings (SSSR count). The zero-order valence-electron chi connectivity index (χ0n) is 20.4. The summed E-state index contributed by atoms with van der Waals surface area (Å²) < 4.78 is 15.3. The third-order valence-corrected chi connectivity index (χ3v) is 8.03. The summed E-state index contributed by atoms with van der Waals surface area (Å²) in [6.45, 7) is 5.74. The van der Waals surface area contributed by atoms with E-state index in [-0.39, 0.29) is 6.10 Å². The number of rotatable bonds is 5. The van der Waals surface area contributed by atoms with Crippen molar-refractivity contribution in [2.75, 3.05) is 41.3 Å². The molecule has 2 aromatic carbocycles. The first-order valence-electron chi connectivity index (χ1n) is 12.9. The maximum Gasteiger partial charge on any atom is 0.225 e. The number of halogens is 1. The van der Waals surface area contributed by atoms with Crippen molar-refractivity contribution in [3.63, 3.8) is 0 Å². The van der Waals surface area contributed by atoms with E-state index in [1.54, 1.807) is 0 Å². The van der Waals surface area contributed by atoms with E-state index in [0.717, 1.165) is 66.7 Å². The van der Waals surface area contributed by atoms with Gasteiger partial charge in [-0.1, -0.05) is 24.3 Å². The van der Waals surface area contributed by atoms with Crippen molar-refractivity contribution in [3.05, 3.63) is 53.6 Å². The van der Waals surface area contributed by atoms with Gasteiger partial charge >= 0.3 is 0 Å². The highest BCUT2D eigenvalue weighted by atomic mass is 19.1. The molecule has 2 bridgehead atoms. The van der Waals surface area contributed by atoms with Crippen molar-refractivity contribution in [1.29, 1.82) is 0 Å². The number of nitrogens with one attached hydrogen (secondary N) is 1. The van der Waals surface area contributed by atoms with Gasteiger partial charge in [-0.2, -0.15) is 4.98 Å². The summed E-state index contributed by atoms with van der Waals surface area (Å²) in [5.41, 5.74) is 3.28. The van der Waals surface area contributed by atoms with Crippen LogP contribution in [-0.4, -0.2) is 53.0 Å². The number of fused-ring (bicyclic) bond motifs is 3. The highest BCUT2D eigenvalue weighted by Crippen LogP contribution is 2.44. The average Bonchev–Trinajstić information content (AvgIpc) is 3.15. The van der Waals surface area contributed by atoms with E-state index in [0.29, 0.717) is 37.8 Å². The van der Waals surface area contributed by atoms with Crippen molar-refractivity contribution < 1.29 is 9.50 Å². The molecule has 0 amide bonds. The van der Waals surface area contributed by atoms with E-state index in [2.05, 4.69) is 58.4 Å². The first kappa shape index (κ1) is 22.5. The van der Waals surface area contributed by atoms with Crippen LogP contribution in [0, 0.1) is 12.8 Å². The molecule has 6 nitrogen and oxygen atoms in total. The number of hydrogen-bond donors (Lipinski definition) is 2. The second-order valence-electron chi connectivity index (χ2n) is 10.7. The molecule has 1 saturated carbocycles. The number of alkyl halides is 1. The van der Waals surface area contributed by atoms with Crippen molar-refractivity contribution in [1.82, 2.24) is 9.97 Å². The molecule has 3 heterocycles. The molecule has 1 aliphatic carbocycles. The molecule has 2 atom stereocenters. The van der Waals surface area contributed by atoms with Gasteiger partial charge in [0.15, 0.2) is 0 Å². The van der Waals surface area contributed by atoms with Crippen LogP contribution >= 0.6 is 0 Å². The summed E-state index contributed by atoms with van der Waals surface area (Å²) in [6, 6.07) is 14.7. The summed E-state index contributed by atoms with van der Waals surface area (Å²) >= 11 is 0. The molecule has 184 valence electrons. The fraction of sp³-hybridized carbons (Fsp3) is 0.500. The molecule has 0 radical (unpaired) electrons. The van der Waals surface area contributed by atoms with E-state index in [1.807, 2.05) is 6.07 Å². The van der Waals surface area contributed by atoms with Gasteiger partial charge in [0.05, 0.1) is 18.2 Å². The largest absolute Gasteiger partial charge is 0.393 e. The number of benzene rings is 2. The van der Waals surface area contributed by atoms with E-state index >= 15 is 4.39 Å². The van der Waals surface area contributed by atoms with Gasteiger partial charge in [-0.15, -0.1) is 0 Å². The Morgan fingerprint density at radius 2 is 1.86 bits per heavy atom. The highest BCUT2D eigenvalue weighted by molar-refractivity contribution is 5.92. The molecule has 2 N–H and O–H groups in total. The number of aromatic nitrogens is 2. The van der Waals surface area contributed by atoms with E-state index in [4.69, 9.17) is 9.97 Å². The van der Waals surface area contributed by atoms with E-state index in [9.17, 15) is 5.11 Å². The molecular formula is C28H34FN5O. The summed E-state index contributed by atoms with van der Waals surface area (Å²) in [5, 5.41) is 14.2. The molecule has 2 unspecified atom stereocenters. The van der Waals surface area contributed by atoms with Gasteiger partial charge in [0.25, 0.3) is 0 Å². The molecule has 2 saturated heterocycles. The standard InChI is InChI=1S/C28H34FN5O/c1-19-3-2-4-24-25(19)31-27(32-26(24)34-17-21-9-12-28(29,15-21)18-34)30-16-20-5-7-22(8-6-20)33-13-10-23(35)11-14-33/h2-8,21,23,35H,9-18H2,1H3,(H,30,31,32). The number of hydrogen-bond acceptors (Lipinski definition) is 6. The number of aliphatic hydroxyl groups is 1. The van der Waals surface area contributed by atoms with Crippen molar-refractivity contribution in [3.8, 4) is 0 Å². The smallest absolute Gasteiger partial charge is 0.225 e. The van der Waals surface area contributed by atoms with Gasteiger partial charge < -0.3 is 20.2 Å². The van der Waals surface area contributed by atoms with Gasteiger partial charge in [0, 0.05) is 37.3 Å². The lowest BCUT2D eigenvalue weighted by Gasteiger charge is -2.36. The summed E-state index contributed by atoms with van der Waals surface area (Å²) in [5.74, 6) is 1.83. The summed E-state index contributed by atoms with van der Waals surface area (Å²) in [6.07, 6.45) is 3.80. The average molecular weight is 476 g/mol. The monoisotopic (exact) mass is 475 g/mol. The van der Waals surface area contributed by atoms with Crippen LogP contribution in [0.5, 0.6) is 0 Å². The molecule has 3 aromatic rings. The Kier molecular flexibility index (Phi) is 5.75. The SMILES string of the molecule is Cc1cccc2c(N3CC4CCC(F)(C4)C3)nc(NCc3ccc(N4CCC(O)CC4)cc3)nc12. The third-order valence-electron chi connectivity index (χ3n) is 8.03. The number of anilines is 3. The lowest BCUT2D eigenvalue weighted by molar-refractivity contribution is 0.145. The molecule has 1 aromatic heterocycles. The lowest BCUT2D eigenvalue weighted by Crippen LogP contribution is -2.45. The van der Waals surface area contributed by atoms with Crippen LogP contribution in [0.25, 0.3) is 10.9 Å². The molecule has 7 heteroatoms. The second kappa shape index (κ2) is 8.94. The number of aryl methyl sites for hydroxylation is 1. The Hall–Kier alpha value is -2.93. The topological polar surface area (TPSA) is 64.5 Å². The number of piperidine rings is 2. The van der Waals surface area contributed by atoms with Crippen LogP contribution < -0.4 is 15.1 Å². The Labute approximate surface area is 206 Å². The lowest BCUT2D eigenvalue weighted by atomic mass is 9.96. The summed E-state index contributed by atoms with van der Waals surface area (Å²) in [7, 11) is 0. The van der Waals surface area contributed by atoms with E-state index in [1.165, 1.54) is 5.69 Å². The Morgan fingerprint density at radius 3 is 2.63 bits per heavy atom. The third kappa shape index (κ3) is 4.54. The number of nitrogens with zero attached hydrogens (tertiary/aromatic N) is 4. The van der Waals surface area contributed by atoms with Crippen molar-refractivity contribution in [2.45, 2.75) is 57.3 Å². The van der Waals surface area contributed by atoms with Crippen LogP contribution in [0.15, 0.2) is 42.5 Å². The molecule has 2 aliphatic heterocycles. The van der Waals surface area contributed by atoms with Gasteiger partial charge in [-0.25, -0.2) is 9.37 Å². The Morgan fingerprint density at radius 1 is 1.06 bits per heavy atom. The number of para-hydroxylation sites is 1. The fourth-order valence-corrected chi connectivity index (χ4v) is 6.09. The first-order chi connectivity index (χ1) is 17.0. The van der Waals surface area contributed by atoms with Crippen molar-refractivity contribution >= 4 is 28.4 Å². The minimum atomic E-state index is -1.09. The zero-order chi connectivity index (χ0) is 24.0. The first-order valence-corrected chi connectivity index (χ1v) is 12.9. The van der Waals surface area contributed by atoms with Crippen LogP contribution in [-0.2, 0) is 6.54 Å². The van der Waals surface area contributed by atoms with Crippen LogP contribution in [0.1, 0.15) is 43.2 Å².